The van der Waals surface area contributed by atoms with Crippen molar-refractivity contribution >= 4 is 44.1 Å². The lowest BCUT2D eigenvalue weighted by atomic mass is 10.1. The Bertz CT molecular complexity index is 1490. The van der Waals surface area contributed by atoms with Crippen LogP contribution in [0.2, 0.25) is 0 Å². The minimum atomic E-state index is -2.43. The maximum absolute atomic E-state index is 13.9. The van der Waals surface area contributed by atoms with Crippen molar-refractivity contribution in [3.63, 3.8) is 0 Å². The molecule has 7 N–H and O–H groups in total. The molecule has 55 heavy (non-hydrogen) atoms. The van der Waals surface area contributed by atoms with Crippen LogP contribution in [0.15, 0.2) is 70.6 Å². The van der Waals surface area contributed by atoms with E-state index in [9.17, 15) is 28.8 Å². The van der Waals surface area contributed by atoms with E-state index < -0.39 is 62.2 Å². The Morgan fingerprint density at radius 2 is 1.18 bits per heavy atom. The molecule has 0 aliphatic heterocycles. The number of rotatable bonds is 24. The van der Waals surface area contributed by atoms with Crippen molar-refractivity contribution in [3.05, 3.63) is 71.8 Å². The molecule has 16 nitrogen and oxygen atoms in total. The summed E-state index contributed by atoms with van der Waals surface area (Å²) in [5.74, 6) is -2.27. The van der Waals surface area contributed by atoms with Gasteiger partial charge in [-0.05, 0) is 84.3 Å². The molecule has 2 aromatic rings. The van der Waals surface area contributed by atoms with Gasteiger partial charge >= 0.3 is 24.0 Å². The van der Waals surface area contributed by atoms with E-state index in [-0.39, 0.29) is 26.1 Å². The molecule has 0 radical (unpaired) electrons. The van der Waals surface area contributed by atoms with E-state index in [1.807, 2.05) is 12.1 Å². The highest BCUT2D eigenvalue weighted by molar-refractivity contribution is 7.25. The van der Waals surface area contributed by atoms with Gasteiger partial charge in [0.2, 0.25) is 14.0 Å². The highest BCUT2D eigenvalue weighted by Gasteiger charge is 2.49. The molecule has 2 rings (SSSR count). The summed E-state index contributed by atoms with van der Waals surface area (Å²) in [5.41, 5.74) is 9.23. The third-order valence-electron chi connectivity index (χ3n) is 7.72. The number of carboxylic acid groups (broad SMARTS) is 1. The van der Waals surface area contributed by atoms with Crippen molar-refractivity contribution < 1.29 is 43.1 Å². The van der Waals surface area contributed by atoms with E-state index in [1.165, 1.54) is 0 Å². The van der Waals surface area contributed by atoms with E-state index in [2.05, 4.69) is 20.6 Å². The molecule has 0 saturated heterocycles. The number of carbonyl (C=O) groups is 4. The first kappa shape index (κ1) is 46.2. The SMILES string of the molecule is CC(N)=NCCCCC(NC(NC(CCCCN=C(C)N)C(=O)OCc1ccccc1)(P=O)N(CC(=O)O)C(=O)OC(C)(C)C)C(=O)OCc1ccccc1. The molecule has 2 aromatic carbocycles. The van der Waals surface area contributed by atoms with Crippen LogP contribution in [0.4, 0.5) is 4.79 Å². The van der Waals surface area contributed by atoms with Crippen LogP contribution in [0.5, 0.6) is 0 Å². The van der Waals surface area contributed by atoms with Crippen LogP contribution in [0.3, 0.4) is 0 Å². The predicted molar refractivity (Wildman–Crippen MR) is 209 cm³/mol. The third kappa shape index (κ3) is 18.3. The first-order valence-corrected chi connectivity index (χ1v) is 18.9. The Balaban J connectivity index is 2.65. The van der Waals surface area contributed by atoms with Crippen molar-refractivity contribution in [3.8, 4) is 0 Å². The number of nitrogens with one attached hydrogen (secondary N) is 2. The number of nitrogens with zero attached hydrogens (tertiary/aromatic N) is 3. The number of hydrogen-bond donors (Lipinski definition) is 5. The maximum Gasteiger partial charge on any atom is 0.414 e. The van der Waals surface area contributed by atoms with E-state index in [0.29, 0.717) is 66.5 Å². The zero-order valence-corrected chi connectivity index (χ0v) is 33.3. The Kier molecular flexibility index (Phi) is 20.0. The zero-order chi connectivity index (χ0) is 40.9. The van der Waals surface area contributed by atoms with Crippen LogP contribution >= 0.6 is 8.46 Å². The number of hydrogen-bond acceptors (Lipinski definition) is 12. The molecule has 302 valence electrons. The average molecular weight is 786 g/mol. The number of unbranched alkanes of at least 4 members (excludes halogenated alkanes) is 2. The third-order valence-corrected chi connectivity index (χ3v) is 8.49. The van der Waals surface area contributed by atoms with Gasteiger partial charge < -0.3 is 30.8 Å². The van der Waals surface area contributed by atoms with Crippen molar-refractivity contribution in [2.45, 2.75) is 110 Å². The molecule has 0 aromatic heterocycles. The highest BCUT2D eigenvalue weighted by atomic mass is 31.1. The summed E-state index contributed by atoms with van der Waals surface area (Å²) >= 11 is 0. The lowest BCUT2D eigenvalue weighted by Crippen LogP contribution is -2.72. The smallest absolute Gasteiger partial charge is 0.414 e. The van der Waals surface area contributed by atoms with Gasteiger partial charge in [0.25, 0.3) is 0 Å². The summed E-state index contributed by atoms with van der Waals surface area (Å²) in [5, 5.41) is 15.9. The number of benzene rings is 2. The monoisotopic (exact) mass is 785 g/mol. The summed E-state index contributed by atoms with van der Waals surface area (Å²) in [6.07, 6.45) is 0.717. The topological polar surface area (TPSA) is 237 Å². The number of amides is 1. The number of aliphatic carboxylic acids is 1. The van der Waals surface area contributed by atoms with Gasteiger partial charge in [-0.15, -0.1) is 0 Å². The van der Waals surface area contributed by atoms with Crippen LogP contribution in [-0.4, -0.2) is 88.5 Å². The first-order valence-electron chi connectivity index (χ1n) is 18.1. The van der Waals surface area contributed by atoms with Gasteiger partial charge in [-0.1, -0.05) is 60.7 Å². The minimum Gasteiger partial charge on any atom is -0.480 e. The molecule has 0 aliphatic carbocycles. The standard InChI is InChI=1S/C38H56N7O9P/c1-27(39)41-22-14-12-20-31(34(48)52-25-29-16-8-6-9-17-29)43-38(55-51,45(24-33(46)47)36(50)54-37(3,4)5)44-32(21-13-15-23-42-28(2)40)35(49)53-26-30-18-10-7-11-19-30/h6-11,16-19,31-32,43-44H,12-15,20-26H2,1-5H3,(H2,39,41)(H2,40,42)(H,46,47). The summed E-state index contributed by atoms with van der Waals surface area (Å²) in [7, 11) is -0.933. The van der Waals surface area contributed by atoms with Crippen molar-refractivity contribution in [1.82, 2.24) is 15.5 Å². The van der Waals surface area contributed by atoms with Gasteiger partial charge in [0, 0.05) is 13.1 Å². The normalized spacial score (nSPS) is 14.3. The second-order valence-electron chi connectivity index (χ2n) is 13.8. The Morgan fingerprint density at radius 1 is 0.764 bits per heavy atom. The van der Waals surface area contributed by atoms with Crippen LogP contribution in [0, 0.1) is 0 Å². The molecule has 2 atom stereocenters. The second kappa shape index (κ2) is 23.8. The molecule has 0 fully saturated rings. The molecule has 0 bridgehead atoms. The summed E-state index contributed by atoms with van der Waals surface area (Å²) < 4.78 is 30.6. The van der Waals surface area contributed by atoms with Crippen molar-refractivity contribution in [2.24, 2.45) is 21.5 Å². The minimum absolute atomic E-state index is 0.0699. The predicted octanol–water partition coefficient (Wildman–Crippen LogP) is 4.71. The number of aliphatic imine (C=N–C) groups is 2. The maximum atomic E-state index is 13.9. The summed E-state index contributed by atoms with van der Waals surface area (Å²) in [4.78, 5) is 63.0. The number of amidine groups is 2. The highest BCUT2D eigenvalue weighted by Crippen LogP contribution is 2.29. The fraction of sp³-hybridized carbons (Fsp3) is 0.526. The quantitative estimate of drug-likeness (QED) is 0.0185. The van der Waals surface area contributed by atoms with Crippen molar-refractivity contribution in [1.29, 1.82) is 0 Å². The van der Waals surface area contributed by atoms with Crippen LogP contribution in [-0.2, 0) is 46.4 Å². The van der Waals surface area contributed by atoms with Gasteiger partial charge in [0.05, 0.1) is 11.7 Å². The zero-order valence-electron chi connectivity index (χ0n) is 32.4. The fourth-order valence-corrected chi connectivity index (χ4v) is 5.80. The Labute approximate surface area is 324 Å². The van der Waals surface area contributed by atoms with E-state index >= 15 is 0 Å². The van der Waals surface area contributed by atoms with Crippen LogP contribution in [0.1, 0.15) is 84.3 Å². The van der Waals surface area contributed by atoms with Crippen LogP contribution < -0.4 is 22.1 Å². The van der Waals surface area contributed by atoms with Gasteiger partial charge in [-0.2, -0.15) is 0 Å². The van der Waals surface area contributed by atoms with Gasteiger partial charge in [0.15, 0.2) is 0 Å². The molecular formula is C38H56N7O9P. The average Bonchev–Trinajstić information content (AvgIpc) is 3.13. The molecule has 0 spiro atoms. The molecular weight excluding hydrogens is 729 g/mol. The molecule has 0 heterocycles. The summed E-state index contributed by atoms with van der Waals surface area (Å²) in [6, 6.07) is 15.3. The number of carbonyl (C=O) groups excluding carboxylic acids is 3. The largest absolute Gasteiger partial charge is 0.480 e. The van der Waals surface area contributed by atoms with Gasteiger partial charge in [-0.25, -0.2) is 4.79 Å². The number of esters is 2. The lowest BCUT2D eigenvalue weighted by molar-refractivity contribution is -0.150. The number of carboxylic acids is 1. The molecule has 1 amide bonds. The van der Waals surface area contributed by atoms with Crippen molar-refractivity contribution in [2.75, 3.05) is 19.6 Å². The molecule has 0 aliphatic rings. The number of nitrogens with two attached hydrogens (primary N) is 2. The molecule has 17 heteroatoms. The fourth-order valence-electron chi connectivity index (χ4n) is 5.14. The second-order valence-corrected chi connectivity index (χ2v) is 14.7. The van der Waals surface area contributed by atoms with Gasteiger partial charge in [0.1, 0.15) is 37.4 Å². The number of ether oxygens (including phenoxy) is 3. The Hall–Kier alpha value is -4.92. The molecule has 0 saturated carbocycles. The van der Waals surface area contributed by atoms with E-state index in [0.717, 1.165) is 0 Å². The van der Waals surface area contributed by atoms with E-state index in [1.54, 1.807) is 83.1 Å². The van der Waals surface area contributed by atoms with Gasteiger partial charge in [-0.3, -0.25) is 44.5 Å². The lowest BCUT2D eigenvalue weighted by Gasteiger charge is -2.42. The van der Waals surface area contributed by atoms with Crippen LogP contribution in [0.25, 0.3) is 0 Å². The molecule has 2 unspecified atom stereocenters. The summed E-state index contributed by atoms with van der Waals surface area (Å²) in [6.45, 7) is 7.51. The first-order chi connectivity index (χ1) is 26.0. The Morgan fingerprint density at radius 3 is 1.53 bits per heavy atom. The van der Waals surface area contributed by atoms with E-state index in [4.69, 9.17) is 25.7 Å².